The average molecular weight is 395 g/mol. The van der Waals surface area contributed by atoms with Crippen molar-refractivity contribution in [3.63, 3.8) is 0 Å². The highest BCUT2D eigenvalue weighted by Gasteiger charge is 2.12. The van der Waals surface area contributed by atoms with Crippen LogP contribution in [0.25, 0.3) is 6.08 Å². The molecule has 0 fully saturated rings. The van der Waals surface area contributed by atoms with Gasteiger partial charge >= 0.3 is 0 Å². The van der Waals surface area contributed by atoms with Crippen LogP contribution in [0.3, 0.4) is 0 Å². The summed E-state index contributed by atoms with van der Waals surface area (Å²) in [6.45, 7) is 1.90. The van der Waals surface area contributed by atoms with Crippen LogP contribution in [-0.2, 0) is 9.59 Å². The first kappa shape index (κ1) is 21.3. The van der Waals surface area contributed by atoms with Crippen LogP contribution in [0.5, 0.6) is 17.2 Å². The van der Waals surface area contributed by atoms with E-state index in [1.54, 1.807) is 55.5 Å². The molecule has 0 heterocycles. The summed E-state index contributed by atoms with van der Waals surface area (Å²) < 4.78 is 16.3. The second kappa shape index (κ2) is 10.4. The van der Waals surface area contributed by atoms with Crippen molar-refractivity contribution >= 4 is 23.6 Å². The Kier molecular flexibility index (Phi) is 7.62. The number of nitrogens with one attached hydrogen (secondary N) is 1. The molecule has 8 nitrogen and oxygen atoms in total. The molecule has 0 saturated carbocycles. The Hall–Kier alpha value is -3.99. The Morgan fingerprint density at radius 2 is 1.90 bits per heavy atom. The molecule has 0 aliphatic carbocycles. The van der Waals surface area contributed by atoms with Gasteiger partial charge in [-0.25, -0.2) is 0 Å². The molecule has 150 valence electrons. The molecule has 0 bridgehead atoms. The molecular formula is C21H21N3O5. The number of para-hydroxylation sites is 2. The van der Waals surface area contributed by atoms with Gasteiger partial charge in [0.1, 0.15) is 17.4 Å². The number of nitrogens with two attached hydrogens (primary N) is 1. The summed E-state index contributed by atoms with van der Waals surface area (Å²) in [6, 6.07) is 13.6. The number of hydrogen-bond donors (Lipinski definition) is 2. The number of benzene rings is 2. The van der Waals surface area contributed by atoms with Crippen LogP contribution < -0.4 is 25.3 Å². The highest BCUT2D eigenvalue weighted by atomic mass is 16.5. The van der Waals surface area contributed by atoms with Gasteiger partial charge < -0.3 is 25.3 Å². The molecule has 0 aliphatic rings. The van der Waals surface area contributed by atoms with Crippen LogP contribution in [0.2, 0.25) is 0 Å². The molecule has 0 spiro atoms. The molecule has 0 unspecified atom stereocenters. The van der Waals surface area contributed by atoms with Gasteiger partial charge in [0, 0.05) is 0 Å². The van der Waals surface area contributed by atoms with Crippen molar-refractivity contribution in [3.05, 3.63) is 53.6 Å². The predicted molar refractivity (Wildman–Crippen MR) is 108 cm³/mol. The lowest BCUT2D eigenvalue weighted by molar-refractivity contribution is -0.118. The number of hydrogen-bond acceptors (Lipinski definition) is 6. The third kappa shape index (κ3) is 6.01. The lowest BCUT2D eigenvalue weighted by atomic mass is 10.1. The van der Waals surface area contributed by atoms with Crippen molar-refractivity contribution in [1.29, 1.82) is 5.26 Å². The molecule has 2 aromatic carbocycles. The normalized spacial score (nSPS) is 10.6. The summed E-state index contributed by atoms with van der Waals surface area (Å²) in [5, 5.41) is 11.7. The maximum Gasteiger partial charge on any atom is 0.262 e. The largest absolute Gasteiger partial charge is 0.495 e. The fourth-order valence-electron chi connectivity index (χ4n) is 2.40. The fourth-order valence-corrected chi connectivity index (χ4v) is 2.40. The van der Waals surface area contributed by atoms with Gasteiger partial charge in [0.25, 0.3) is 11.8 Å². The Morgan fingerprint density at radius 1 is 1.14 bits per heavy atom. The van der Waals surface area contributed by atoms with E-state index in [2.05, 4.69) is 5.32 Å². The highest BCUT2D eigenvalue weighted by molar-refractivity contribution is 6.00. The molecule has 8 heteroatoms. The van der Waals surface area contributed by atoms with Crippen molar-refractivity contribution in [2.24, 2.45) is 5.73 Å². The third-order valence-electron chi connectivity index (χ3n) is 3.70. The van der Waals surface area contributed by atoms with E-state index in [9.17, 15) is 9.59 Å². The second-order valence-corrected chi connectivity index (χ2v) is 5.71. The van der Waals surface area contributed by atoms with Gasteiger partial charge in [-0.05, 0) is 42.8 Å². The number of amides is 2. The summed E-state index contributed by atoms with van der Waals surface area (Å²) in [4.78, 5) is 23.4. The van der Waals surface area contributed by atoms with Gasteiger partial charge in [-0.3, -0.25) is 9.59 Å². The van der Waals surface area contributed by atoms with Crippen LogP contribution in [0, 0.1) is 11.3 Å². The maximum absolute atomic E-state index is 12.2. The number of primary amides is 1. The minimum Gasteiger partial charge on any atom is -0.495 e. The number of methoxy groups -OCH3 is 1. The number of rotatable bonds is 9. The number of carbonyl (C=O) groups is 2. The van der Waals surface area contributed by atoms with Crippen LogP contribution in [0.4, 0.5) is 5.69 Å². The van der Waals surface area contributed by atoms with Crippen molar-refractivity contribution in [3.8, 4) is 23.3 Å². The van der Waals surface area contributed by atoms with Crippen LogP contribution in [0.15, 0.2) is 48.0 Å². The minimum atomic E-state index is -0.821. The number of ether oxygens (including phenoxy) is 3. The number of carbonyl (C=O) groups excluding carboxylic acids is 2. The van der Waals surface area contributed by atoms with Crippen molar-refractivity contribution in [2.75, 3.05) is 25.6 Å². The molecule has 0 atom stereocenters. The Bertz CT molecular complexity index is 963. The SMILES string of the molecule is CCOc1cc(/C=C(/C#N)C(N)=O)ccc1OCC(=O)Nc1ccccc1OC. The van der Waals surface area contributed by atoms with Crippen molar-refractivity contribution < 1.29 is 23.8 Å². The fraction of sp³-hybridized carbons (Fsp3) is 0.190. The number of nitrogens with zero attached hydrogens (tertiary/aromatic N) is 1. The molecule has 2 aromatic rings. The van der Waals surface area contributed by atoms with E-state index in [0.29, 0.717) is 35.1 Å². The molecular weight excluding hydrogens is 374 g/mol. The molecule has 2 rings (SSSR count). The summed E-state index contributed by atoms with van der Waals surface area (Å²) in [5.41, 5.74) is 6.03. The van der Waals surface area contributed by atoms with Gasteiger partial charge in [-0.2, -0.15) is 5.26 Å². The molecule has 2 amide bonds. The maximum atomic E-state index is 12.2. The van der Waals surface area contributed by atoms with E-state index >= 15 is 0 Å². The van der Waals surface area contributed by atoms with E-state index in [1.807, 2.05) is 0 Å². The van der Waals surface area contributed by atoms with Crippen LogP contribution >= 0.6 is 0 Å². The lowest BCUT2D eigenvalue weighted by Gasteiger charge is -2.13. The first-order valence-corrected chi connectivity index (χ1v) is 8.72. The van der Waals surface area contributed by atoms with E-state index in [4.69, 9.17) is 25.2 Å². The number of anilines is 1. The van der Waals surface area contributed by atoms with E-state index in [1.165, 1.54) is 13.2 Å². The van der Waals surface area contributed by atoms with Gasteiger partial charge in [0.2, 0.25) is 0 Å². The quantitative estimate of drug-likeness (QED) is 0.497. The molecule has 29 heavy (non-hydrogen) atoms. The average Bonchev–Trinajstić information content (AvgIpc) is 2.71. The van der Waals surface area contributed by atoms with E-state index < -0.39 is 5.91 Å². The smallest absolute Gasteiger partial charge is 0.262 e. The Morgan fingerprint density at radius 3 is 2.55 bits per heavy atom. The first-order chi connectivity index (χ1) is 14.0. The molecule has 0 aromatic heterocycles. The Balaban J connectivity index is 2.12. The topological polar surface area (TPSA) is 124 Å². The first-order valence-electron chi connectivity index (χ1n) is 8.72. The zero-order valence-corrected chi connectivity index (χ0v) is 16.1. The number of nitriles is 1. The zero-order chi connectivity index (χ0) is 21.2. The standard InChI is InChI=1S/C21H21N3O5/c1-3-28-19-11-14(10-15(12-22)21(23)26)8-9-18(19)29-13-20(25)24-16-6-4-5-7-17(16)27-2/h4-11H,3,13H2,1-2H3,(H2,23,26)(H,24,25)/b15-10-. The van der Waals surface area contributed by atoms with Gasteiger partial charge in [-0.15, -0.1) is 0 Å². The van der Waals surface area contributed by atoms with Crippen molar-refractivity contribution in [1.82, 2.24) is 0 Å². The predicted octanol–water partition coefficient (Wildman–Crippen LogP) is 2.50. The molecule has 0 radical (unpaired) electrons. The highest BCUT2D eigenvalue weighted by Crippen LogP contribution is 2.29. The van der Waals surface area contributed by atoms with E-state index in [0.717, 1.165) is 0 Å². The van der Waals surface area contributed by atoms with Crippen molar-refractivity contribution in [2.45, 2.75) is 6.92 Å². The van der Waals surface area contributed by atoms with Gasteiger partial charge in [0.05, 0.1) is 19.4 Å². The molecule has 0 saturated heterocycles. The van der Waals surface area contributed by atoms with Gasteiger partial charge in [-0.1, -0.05) is 18.2 Å². The minimum absolute atomic E-state index is 0.183. The monoisotopic (exact) mass is 395 g/mol. The second-order valence-electron chi connectivity index (χ2n) is 5.71. The van der Waals surface area contributed by atoms with Gasteiger partial charge in [0.15, 0.2) is 18.1 Å². The molecule has 0 aliphatic heterocycles. The summed E-state index contributed by atoms with van der Waals surface area (Å²) in [6.07, 6.45) is 1.35. The summed E-state index contributed by atoms with van der Waals surface area (Å²) in [5.74, 6) is 0.0554. The van der Waals surface area contributed by atoms with Crippen LogP contribution in [0.1, 0.15) is 12.5 Å². The van der Waals surface area contributed by atoms with E-state index in [-0.39, 0.29) is 18.1 Å². The zero-order valence-electron chi connectivity index (χ0n) is 16.1. The third-order valence-corrected chi connectivity index (χ3v) is 3.70. The Labute approximate surface area is 168 Å². The summed E-state index contributed by atoms with van der Waals surface area (Å²) in [7, 11) is 1.52. The lowest BCUT2D eigenvalue weighted by Crippen LogP contribution is -2.20. The molecule has 3 N–H and O–H groups in total. The summed E-state index contributed by atoms with van der Waals surface area (Å²) >= 11 is 0. The van der Waals surface area contributed by atoms with Crippen LogP contribution in [-0.4, -0.2) is 32.1 Å².